The number of sulfone groups is 1. The normalized spacial score (nSPS) is 18.8. The number of carbonyl (C=O) groups excluding carboxylic acids is 1. The first-order valence-corrected chi connectivity index (χ1v) is 11.1. The average Bonchev–Trinajstić information content (AvgIpc) is 3.18. The Bertz CT molecular complexity index is 956. The molecule has 1 unspecified atom stereocenters. The summed E-state index contributed by atoms with van der Waals surface area (Å²) in [6.07, 6.45) is 0.720. The van der Waals surface area contributed by atoms with Crippen molar-refractivity contribution in [2.24, 2.45) is 0 Å². The minimum absolute atomic E-state index is 0.0552. The number of rotatable bonds is 5. The van der Waals surface area contributed by atoms with E-state index in [0.29, 0.717) is 12.2 Å². The highest BCUT2D eigenvalue weighted by Gasteiger charge is 2.32. The summed E-state index contributed by atoms with van der Waals surface area (Å²) in [5, 5.41) is 7.55. The van der Waals surface area contributed by atoms with Crippen LogP contribution in [-0.4, -0.2) is 42.7 Å². The molecule has 7 nitrogen and oxygen atoms in total. The van der Waals surface area contributed by atoms with Crippen LogP contribution in [0.5, 0.6) is 5.75 Å². The van der Waals surface area contributed by atoms with Crippen LogP contribution in [0.25, 0.3) is 0 Å². The van der Waals surface area contributed by atoms with Gasteiger partial charge in [0.2, 0.25) is 5.91 Å². The predicted molar refractivity (Wildman–Crippen MR) is 109 cm³/mol. The van der Waals surface area contributed by atoms with Gasteiger partial charge in [-0.3, -0.25) is 4.79 Å². The number of nitrogens with zero attached hydrogens (tertiary/aromatic N) is 2. The summed E-state index contributed by atoms with van der Waals surface area (Å²) in [4.78, 5) is 12.6. The Morgan fingerprint density at radius 2 is 1.96 bits per heavy atom. The van der Waals surface area contributed by atoms with Crippen molar-refractivity contribution in [1.82, 2.24) is 9.78 Å². The predicted octanol–water partition coefficient (Wildman–Crippen LogP) is 2.73. The molecule has 8 heteroatoms. The van der Waals surface area contributed by atoms with Crippen molar-refractivity contribution in [3.8, 4) is 5.75 Å². The number of benzene rings is 1. The van der Waals surface area contributed by atoms with E-state index in [9.17, 15) is 13.2 Å². The molecule has 2 aromatic rings. The highest BCUT2D eigenvalue weighted by molar-refractivity contribution is 7.91. The van der Waals surface area contributed by atoms with Gasteiger partial charge in [-0.1, -0.05) is 32.9 Å². The quantitative estimate of drug-likeness (QED) is 0.826. The fourth-order valence-electron chi connectivity index (χ4n) is 3.22. The zero-order valence-electron chi connectivity index (χ0n) is 16.7. The molecule has 0 aliphatic carbocycles. The summed E-state index contributed by atoms with van der Waals surface area (Å²) in [5.41, 5.74) is 1.47. The van der Waals surface area contributed by atoms with E-state index >= 15 is 0 Å². The second kappa shape index (κ2) is 7.58. The molecule has 0 spiro atoms. The Morgan fingerprint density at radius 1 is 1.29 bits per heavy atom. The zero-order valence-corrected chi connectivity index (χ0v) is 17.5. The second-order valence-corrected chi connectivity index (χ2v) is 10.5. The third-order valence-corrected chi connectivity index (χ3v) is 6.60. The van der Waals surface area contributed by atoms with Crippen molar-refractivity contribution in [3.63, 3.8) is 0 Å². The molecule has 1 aliphatic rings. The molecule has 1 saturated heterocycles. The highest BCUT2D eigenvalue weighted by atomic mass is 32.2. The number of hydrogen-bond acceptors (Lipinski definition) is 5. The van der Waals surface area contributed by atoms with Gasteiger partial charge < -0.3 is 10.1 Å². The molecule has 3 rings (SSSR count). The molecule has 1 amide bonds. The summed E-state index contributed by atoms with van der Waals surface area (Å²) in [7, 11) is -1.46. The van der Waals surface area contributed by atoms with Gasteiger partial charge >= 0.3 is 0 Å². The van der Waals surface area contributed by atoms with Crippen LogP contribution >= 0.6 is 0 Å². The molecule has 28 heavy (non-hydrogen) atoms. The van der Waals surface area contributed by atoms with Crippen LogP contribution in [-0.2, 0) is 26.5 Å². The Hall–Kier alpha value is -2.35. The van der Waals surface area contributed by atoms with E-state index in [1.54, 1.807) is 11.8 Å². The van der Waals surface area contributed by atoms with E-state index in [4.69, 9.17) is 4.74 Å². The monoisotopic (exact) mass is 405 g/mol. The lowest BCUT2D eigenvalue weighted by Gasteiger charge is -2.15. The summed E-state index contributed by atoms with van der Waals surface area (Å²) < 4.78 is 30.6. The van der Waals surface area contributed by atoms with Gasteiger partial charge in [-0.05, 0) is 24.1 Å². The molecule has 152 valence electrons. The molecule has 1 fully saturated rings. The van der Waals surface area contributed by atoms with E-state index in [-0.39, 0.29) is 35.3 Å². The first-order chi connectivity index (χ1) is 13.1. The Balaban J connectivity index is 1.81. The highest BCUT2D eigenvalue weighted by Crippen LogP contribution is 2.31. The van der Waals surface area contributed by atoms with E-state index < -0.39 is 9.84 Å². The van der Waals surface area contributed by atoms with Gasteiger partial charge in [0.25, 0.3) is 0 Å². The molecular weight excluding hydrogens is 378 g/mol. The van der Waals surface area contributed by atoms with Crippen LogP contribution in [0.2, 0.25) is 0 Å². The smallest absolute Gasteiger partial charge is 0.229 e. The Kier molecular flexibility index (Phi) is 5.52. The molecule has 0 bridgehead atoms. The maximum Gasteiger partial charge on any atom is 0.229 e. The van der Waals surface area contributed by atoms with Gasteiger partial charge in [-0.25, -0.2) is 13.1 Å². The molecular formula is C20H27N3O4S. The van der Waals surface area contributed by atoms with Gasteiger partial charge in [-0.2, -0.15) is 5.10 Å². The lowest BCUT2D eigenvalue weighted by molar-refractivity contribution is -0.115. The minimum atomic E-state index is -3.06. The largest absolute Gasteiger partial charge is 0.497 e. The van der Waals surface area contributed by atoms with Gasteiger partial charge in [-0.15, -0.1) is 0 Å². The van der Waals surface area contributed by atoms with Crippen molar-refractivity contribution in [2.75, 3.05) is 23.9 Å². The Morgan fingerprint density at radius 3 is 2.50 bits per heavy atom. The third kappa shape index (κ3) is 4.73. The molecule has 1 atom stereocenters. The maximum atomic E-state index is 12.6. The van der Waals surface area contributed by atoms with Crippen LogP contribution < -0.4 is 10.1 Å². The SMILES string of the molecule is COc1ccc(CC(=O)Nc2cc(C(C)(C)C)nn2C2CCS(=O)(=O)C2)cc1. The molecule has 0 radical (unpaired) electrons. The first kappa shape index (κ1) is 20.4. The van der Waals surface area contributed by atoms with Crippen molar-refractivity contribution < 1.29 is 17.9 Å². The minimum Gasteiger partial charge on any atom is -0.497 e. The molecule has 1 aromatic carbocycles. The molecule has 0 saturated carbocycles. The lowest BCUT2D eigenvalue weighted by Crippen LogP contribution is -2.21. The van der Waals surface area contributed by atoms with Crippen LogP contribution in [0.4, 0.5) is 5.82 Å². The standard InChI is InChI=1S/C20H27N3O4S/c1-20(2,3)17-12-18(23(22-17)15-9-10-28(25,26)13-15)21-19(24)11-14-5-7-16(27-4)8-6-14/h5-8,12,15H,9-11,13H2,1-4H3,(H,21,24). The summed E-state index contributed by atoms with van der Waals surface area (Å²) in [6.45, 7) is 6.11. The number of anilines is 1. The molecule has 1 N–H and O–H groups in total. The van der Waals surface area contributed by atoms with Gasteiger partial charge in [0.15, 0.2) is 9.84 Å². The number of hydrogen-bond donors (Lipinski definition) is 1. The van der Waals surface area contributed by atoms with Crippen LogP contribution in [0.3, 0.4) is 0 Å². The fraction of sp³-hybridized carbons (Fsp3) is 0.500. The van der Waals surface area contributed by atoms with Crippen molar-refractivity contribution in [3.05, 3.63) is 41.6 Å². The molecule has 2 heterocycles. The van der Waals surface area contributed by atoms with Crippen LogP contribution in [0.1, 0.15) is 44.5 Å². The number of amides is 1. The molecule has 1 aliphatic heterocycles. The molecule has 1 aromatic heterocycles. The van der Waals surface area contributed by atoms with Crippen molar-refractivity contribution in [1.29, 1.82) is 0 Å². The maximum absolute atomic E-state index is 12.6. The van der Waals surface area contributed by atoms with Gasteiger partial charge in [0.05, 0.1) is 36.8 Å². The van der Waals surface area contributed by atoms with E-state index in [0.717, 1.165) is 17.0 Å². The summed E-state index contributed by atoms with van der Waals surface area (Å²) in [6, 6.07) is 8.91. The zero-order chi connectivity index (χ0) is 20.5. The van der Waals surface area contributed by atoms with E-state index in [2.05, 4.69) is 10.4 Å². The number of ether oxygens (including phenoxy) is 1. The van der Waals surface area contributed by atoms with Crippen LogP contribution in [0.15, 0.2) is 30.3 Å². The van der Waals surface area contributed by atoms with Crippen molar-refractivity contribution >= 4 is 21.6 Å². The number of aromatic nitrogens is 2. The topological polar surface area (TPSA) is 90.3 Å². The summed E-state index contributed by atoms with van der Waals surface area (Å²) >= 11 is 0. The average molecular weight is 406 g/mol. The summed E-state index contributed by atoms with van der Waals surface area (Å²) in [5.74, 6) is 1.32. The third-order valence-electron chi connectivity index (χ3n) is 4.85. The number of carbonyl (C=O) groups is 1. The van der Waals surface area contributed by atoms with Gasteiger partial charge in [0, 0.05) is 11.5 Å². The van der Waals surface area contributed by atoms with Crippen molar-refractivity contribution in [2.45, 2.75) is 45.1 Å². The lowest BCUT2D eigenvalue weighted by atomic mass is 9.92. The first-order valence-electron chi connectivity index (χ1n) is 9.30. The number of methoxy groups -OCH3 is 1. The van der Waals surface area contributed by atoms with Crippen LogP contribution in [0, 0.1) is 0 Å². The van der Waals surface area contributed by atoms with E-state index in [1.807, 2.05) is 51.1 Å². The second-order valence-electron chi connectivity index (χ2n) is 8.24. The Labute approximate surface area is 166 Å². The fourth-order valence-corrected chi connectivity index (χ4v) is 4.91. The van der Waals surface area contributed by atoms with E-state index in [1.165, 1.54) is 0 Å². The van der Waals surface area contributed by atoms with Gasteiger partial charge in [0.1, 0.15) is 11.6 Å². The number of nitrogens with one attached hydrogen (secondary N) is 1.